The molecule has 0 saturated heterocycles. The Kier molecular flexibility index (Phi) is 4.90. The Morgan fingerprint density at radius 3 is 2.50 bits per heavy atom. The summed E-state index contributed by atoms with van der Waals surface area (Å²) >= 11 is 0. The molecule has 18 heavy (non-hydrogen) atoms. The van der Waals surface area contributed by atoms with Crippen molar-refractivity contribution in [2.24, 2.45) is 5.41 Å². The van der Waals surface area contributed by atoms with Crippen LogP contribution in [0.2, 0.25) is 0 Å². The second-order valence-corrected chi connectivity index (χ2v) is 4.65. The predicted molar refractivity (Wildman–Crippen MR) is 75.0 cm³/mol. The van der Waals surface area contributed by atoms with Gasteiger partial charge in [0.1, 0.15) is 0 Å². The Morgan fingerprint density at radius 2 is 1.94 bits per heavy atom. The third-order valence-electron chi connectivity index (χ3n) is 2.82. The van der Waals surface area contributed by atoms with Crippen molar-refractivity contribution in [3.63, 3.8) is 0 Å². The van der Waals surface area contributed by atoms with Crippen molar-refractivity contribution in [2.75, 3.05) is 6.61 Å². The van der Waals surface area contributed by atoms with E-state index >= 15 is 0 Å². The molecule has 96 valence electrons. The van der Waals surface area contributed by atoms with Crippen LogP contribution in [0.4, 0.5) is 0 Å². The molecule has 1 rings (SSSR count). The first kappa shape index (κ1) is 14.2. The highest BCUT2D eigenvalue weighted by Crippen LogP contribution is 2.34. The molecule has 0 amide bonds. The van der Waals surface area contributed by atoms with Crippen LogP contribution in [-0.2, 0) is 9.53 Å². The second-order valence-electron chi connectivity index (χ2n) is 4.65. The number of allylic oxidation sites excluding steroid dienone is 2. The van der Waals surface area contributed by atoms with Crippen LogP contribution in [0.3, 0.4) is 0 Å². The molecule has 0 saturated carbocycles. The quantitative estimate of drug-likeness (QED) is 0.581. The summed E-state index contributed by atoms with van der Waals surface area (Å²) in [7, 11) is 0. The number of carbonyl (C=O) groups excluding carboxylic acids is 1. The topological polar surface area (TPSA) is 26.3 Å². The summed E-state index contributed by atoms with van der Waals surface area (Å²) in [5.74, 6) is -0.313. The molecule has 0 spiro atoms. The first-order valence-electron chi connectivity index (χ1n) is 6.08. The van der Waals surface area contributed by atoms with E-state index in [1.54, 1.807) is 6.92 Å². The molecular weight excluding hydrogens is 224 g/mol. The van der Waals surface area contributed by atoms with Crippen LogP contribution in [0.5, 0.6) is 0 Å². The van der Waals surface area contributed by atoms with Crippen molar-refractivity contribution in [1.82, 2.24) is 0 Å². The van der Waals surface area contributed by atoms with E-state index < -0.39 is 0 Å². The zero-order valence-corrected chi connectivity index (χ0v) is 11.3. The molecule has 1 aromatic rings. The minimum absolute atomic E-state index is 0.284. The van der Waals surface area contributed by atoms with E-state index in [0.717, 1.165) is 11.1 Å². The summed E-state index contributed by atoms with van der Waals surface area (Å²) in [6.07, 6.45) is 3.30. The second kappa shape index (κ2) is 6.20. The summed E-state index contributed by atoms with van der Waals surface area (Å²) in [6.45, 7) is 10.4. The highest BCUT2D eigenvalue weighted by molar-refractivity contribution is 5.83. The van der Waals surface area contributed by atoms with Crippen LogP contribution >= 0.6 is 0 Å². The molecule has 0 heterocycles. The molecule has 0 aliphatic heterocycles. The van der Waals surface area contributed by atoms with Gasteiger partial charge in [0.25, 0.3) is 0 Å². The molecule has 2 heteroatoms. The normalized spacial score (nSPS) is 11.5. The van der Waals surface area contributed by atoms with Gasteiger partial charge in [-0.1, -0.05) is 56.8 Å². The molecule has 0 unspecified atom stereocenters. The van der Waals surface area contributed by atoms with Crippen molar-refractivity contribution in [2.45, 2.75) is 20.8 Å². The number of benzene rings is 1. The van der Waals surface area contributed by atoms with Gasteiger partial charge in [0.2, 0.25) is 0 Å². The van der Waals surface area contributed by atoms with E-state index in [2.05, 4.69) is 6.58 Å². The maximum atomic E-state index is 11.3. The molecule has 0 aliphatic carbocycles. The fraction of sp³-hybridized carbons (Fsp3) is 0.312. The van der Waals surface area contributed by atoms with Crippen molar-refractivity contribution in [1.29, 1.82) is 0 Å². The number of ether oxygens (including phenoxy) is 1. The summed E-state index contributed by atoms with van der Waals surface area (Å²) < 4.78 is 4.87. The van der Waals surface area contributed by atoms with E-state index in [1.807, 2.05) is 50.3 Å². The predicted octanol–water partition coefficient (Wildman–Crippen LogP) is 3.85. The van der Waals surface area contributed by atoms with Crippen LogP contribution in [0.25, 0.3) is 5.57 Å². The van der Waals surface area contributed by atoms with Crippen LogP contribution in [-0.4, -0.2) is 12.6 Å². The number of hydrogen-bond donors (Lipinski definition) is 0. The molecule has 2 nitrogen and oxygen atoms in total. The Balaban J connectivity index is 2.81. The molecular formula is C16H20O2. The summed E-state index contributed by atoms with van der Waals surface area (Å²) in [5.41, 5.74) is 1.77. The van der Waals surface area contributed by atoms with Crippen molar-refractivity contribution >= 4 is 11.5 Å². The average molecular weight is 244 g/mol. The van der Waals surface area contributed by atoms with Crippen LogP contribution < -0.4 is 0 Å². The van der Waals surface area contributed by atoms with Crippen LogP contribution in [0.15, 0.2) is 49.1 Å². The lowest BCUT2D eigenvalue weighted by Gasteiger charge is -2.23. The first-order chi connectivity index (χ1) is 8.47. The summed E-state index contributed by atoms with van der Waals surface area (Å²) in [6, 6.07) is 9.96. The van der Waals surface area contributed by atoms with Crippen LogP contribution in [0, 0.1) is 5.41 Å². The van der Waals surface area contributed by atoms with E-state index in [1.165, 1.54) is 6.08 Å². The van der Waals surface area contributed by atoms with Crippen molar-refractivity contribution < 1.29 is 9.53 Å². The van der Waals surface area contributed by atoms with Gasteiger partial charge in [0.05, 0.1) is 6.61 Å². The molecule has 0 fully saturated rings. The standard InChI is InChI=1S/C16H20O2/c1-5-18-15(17)11-12-16(3,4)13(2)14-9-7-6-8-10-14/h6-12H,2,5H2,1,3-4H3/b12-11+. The summed E-state index contributed by atoms with van der Waals surface area (Å²) in [4.78, 5) is 11.3. The highest BCUT2D eigenvalue weighted by atomic mass is 16.5. The lowest BCUT2D eigenvalue weighted by Crippen LogP contribution is -2.11. The van der Waals surface area contributed by atoms with Crippen molar-refractivity contribution in [3.05, 3.63) is 54.6 Å². The van der Waals surface area contributed by atoms with Gasteiger partial charge >= 0.3 is 5.97 Å². The number of carbonyl (C=O) groups is 1. The molecule has 0 N–H and O–H groups in total. The summed E-state index contributed by atoms with van der Waals surface area (Å²) in [5, 5.41) is 0. The van der Waals surface area contributed by atoms with Gasteiger partial charge in [-0.3, -0.25) is 0 Å². The average Bonchev–Trinajstić information content (AvgIpc) is 2.37. The van der Waals surface area contributed by atoms with E-state index in [0.29, 0.717) is 6.61 Å². The van der Waals surface area contributed by atoms with E-state index in [-0.39, 0.29) is 11.4 Å². The first-order valence-corrected chi connectivity index (χ1v) is 6.08. The minimum atomic E-state index is -0.313. The van der Waals surface area contributed by atoms with Crippen LogP contribution in [0.1, 0.15) is 26.3 Å². The molecule has 0 bridgehead atoms. The fourth-order valence-electron chi connectivity index (χ4n) is 1.58. The highest BCUT2D eigenvalue weighted by Gasteiger charge is 2.19. The zero-order valence-electron chi connectivity index (χ0n) is 11.3. The maximum absolute atomic E-state index is 11.3. The molecule has 0 radical (unpaired) electrons. The number of esters is 1. The third kappa shape index (κ3) is 3.88. The lowest BCUT2D eigenvalue weighted by molar-refractivity contribution is -0.137. The van der Waals surface area contributed by atoms with Gasteiger partial charge in [-0.05, 0) is 18.1 Å². The maximum Gasteiger partial charge on any atom is 0.330 e. The van der Waals surface area contributed by atoms with E-state index in [9.17, 15) is 4.79 Å². The molecule has 0 aliphatic rings. The smallest absolute Gasteiger partial charge is 0.330 e. The SMILES string of the molecule is C=C(c1ccccc1)C(C)(C)/C=C/C(=O)OCC. The Morgan fingerprint density at radius 1 is 1.33 bits per heavy atom. The lowest BCUT2D eigenvalue weighted by atomic mass is 9.81. The van der Waals surface area contributed by atoms with Gasteiger partial charge in [0, 0.05) is 11.5 Å². The molecule has 0 atom stereocenters. The Labute approximate surface area is 109 Å². The van der Waals surface area contributed by atoms with Gasteiger partial charge in [-0.2, -0.15) is 0 Å². The van der Waals surface area contributed by atoms with Gasteiger partial charge in [0.15, 0.2) is 0 Å². The fourth-order valence-corrected chi connectivity index (χ4v) is 1.58. The third-order valence-corrected chi connectivity index (χ3v) is 2.82. The largest absolute Gasteiger partial charge is 0.463 e. The van der Waals surface area contributed by atoms with Crippen molar-refractivity contribution in [3.8, 4) is 0 Å². The Hall–Kier alpha value is -1.83. The van der Waals surface area contributed by atoms with E-state index in [4.69, 9.17) is 4.74 Å². The molecule has 0 aromatic heterocycles. The van der Waals surface area contributed by atoms with Gasteiger partial charge in [-0.25, -0.2) is 4.79 Å². The number of rotatable bonds is 5. The van der Waals surface area contributed by atoms with Gasteiger partial charge < -0.3 is 4.74 Å². The molecule has 1 aromatic carbocycles. The zero-order chi connectivity index (χ0) is 13.6. The Bertz CT molecular complexity index is 441. The van der Waals surface area contributed by atoms with Gasteiger partial charge in [-0.15, -0.1) is 0 Å². The number of hydrogen-bond acceptors (Lipinski definition) is 2. The minimum Gasteiger partial charge on any atom is -0.463 e. The monoisotopic (exact) mass is 244 g/mol.